The fourth-order valence-corrected chi connectivity index (χ4v) is 2.33. The molecule has 0 aromatic carbocycles. The molecule has 0 radical (unpaired) electrons. The van der Waals surface area contributed by atoms with Crippen LogP contribution in [0.25, 0.3) is 0 Å². The van der Waals surface area contributed by atoms with Crippen LogP contribution in [0, 0.1) is 10.8 Å². The Morgan fingerprint density at radius 2 is 1.36 bits per heavy atom. The van der Waals surface area contributed by atoms with E-state index in [1.165, 1.54) is 0 Å². The minimum atomic E-state index is -0.350. The second kappa shape index (κ2) is 2.68. The first-order valence-corrected chi connectivity index (χ1v) is 5.15. The lowest BCUT2D eigenvalue weighted by Gasteiger charge is -2.49. The molecule has 14 heavy (non-hydrogen) atoms. The maximum Gasteiger partial charge on any atom is 0.155 e. The minimum Gasteiger partial charge on any atom is -0.298 e. The van der Waals surface area contributed by atoms with Crippen LogP contribution in [-0.2, 0) is 4.79 Å². The van der Waals surface area contributed by atoms with Gasteiger partial charge >= 0.3 is 0 Å². The number of hydrogen-bond donors (Lipinski definition) is 0. The Bertz CT molecular complexity index is 283. The molecule has 0 aromatic rings. The van der Waals surface area contributed by atoms with Crippen molar-refractivity contribution in [3.05, 3.63) is 0 Å². The summed E-state index contributed by atoms with van der Waals surface area (Å²) in [6, 6.07) is 0. The molecule has 0 atom stereocenters. The summed E-state index contributed by atoms with van der Waals surface area (Å²) in [6.45, 7) is 14.0. The van der Waals surface area contributed by atoms with Gasteiger partial charge in [-0.05, 0) is 48.5 Å². The molecule has 2 heteroatoms. The molecule has 0 spiro atoms. The Morgan fingerprint density at radius 3 is 1.64 bits per heavy atom. The molecule has 0 bridgehead atoms. The standard InChI is InChI=1S/C12H21NO/c1-10(2,3)13-8-11(4,5)9(14)12(8,6)7/h1-7H3. The highest BCUT2D eigenvalue weighted by molar-refractivity contribution is 6.31. The Morgan fingerprint density at radius 1 is 1.00 bits per heavy atom. The van der Waals surface area contributed by atoms with Crippen molar-refractivity contribution in [1.82, 2.24) is 0 Å². The summed E-state index contributed by atoms with van der Waals surface area (Å²) in [4.78, 5) is 16.5. The first kappa shape index (κ1) is 11.4. The van der Waals surface area contributed by atoms with E-state index >= 15 is 0 Å². The summed E-state index contributed by atoms with van der Waals surface area (Å²) in [5.74, 6) is 0.299. The summed E-state index contributed by atoms with van der Waals surface area (Å²) < 4.78 is 0. The van der Waals surface area contributed by atoms with Crippen LogP contribution in [-0.4, -0.2) is 17.0 Å². The fourth-order valence-electron chi connectivity index (χ4n) is 2.33. The molecular weight excluding hydrogens is 174 g/mol. The van der Waals surface area contributed by atoms with Crippen LogP contribution in [0.5, 0.6) is 0 Å². The zero-order valence-electron chi connectivity index (χ0n) is 10.4. The van der Waals surface area contributed by atoms with Gasteiger partial charge in [-0.25, -0.2) is 0 Å². The molecule has 80 valence electrons. The molecule has 0 N–H and O–H groups in total. The third-order valence-corrected chi connectivity index (χ3v) is 2.77. The number of hydrogen-bond acceptors (Lipinski definition) is 2. The van der Waals surface area contributed by atoms with Crippen LogP contribution in [0.3, 0.4) is 0 Å². The molecule has 1 fully saturated rings. The van der Waals surface area contributed by atoms with Crippen molar-refractivity contribution in [3.8, 4) is 0 Å². The number of aliphatic imine (C=N–C) groups is 1. The van der Waals surface area contributed by atoms with Crippen LogP contribution >= 0.6 is 0 Å². The average Bonchev–Trinajstić information content (AvgIpc) is 1.97. The predicted octanol–water partition coefficient (Wildman–Crippen LogP) is 2.86. The van der Waals surface area contributed by atoms with Gasteiger partial charge < -0.3 is 0 Å². The van der Waals surface area contributed by atoms with Crippen molar-refractivity contribution < 1.29 is 4.79 Å². The van der Waals surface area contributed by atoms with Crippen LogP contribution in [0.2, 0.25) is 0 Å². The molecular formula is C12H21NO. The molecule has 1 rings (SSSR count). The van der Waals surface area contributed by atoms with Crippen molar-refractivity contribution in [2.24, 2.45) is 15.8 Å². The maximum absolute atomic E-state index is 11.8. The van der Waals surface area contributed by atoms with Gasteiger partial charge in [0.05, 0.1) is 16.4 Å². The zero-order valence-corrected chi connectivity index (χ0v) is 10.4. The molecule has 0 aromatic heterocycles. The Hall–Kier alpha value is -0.660. The number of carbonyl (C=O) groups is 1. The first-order valence-electron chi connectivity index (χ1n) is 5.15. The molecule has 1 aliphatic rings. The summed E-state index contributed by atoms with van der Waals surface area (Å²) in [5, 5.41) is 0. The highest BCUT2D eigenvalue weighted by Gasteiger charge is 2.59. The largest absolute Gasteiger partial charge is 0.298 e. The van der Waals surface area contributed by atoms with Gasteiger partial charge in [0, 0.05) is 5.71 Å². The first-order chi connectivity index (χ1) is 5.99. The third-order valence-electron chi connectivity index (χ3n) is 2.77. The highest BCUT2D eigenvalue weighted by atomic mass is 16.1. The normalized spacial score (nSPS) is 24.5. The molecule has 1 aliphatic carbocycles. The van der Waals surface area contributed by atoms with E-state index in [0.717, 1.165) is 5.71 Å². The van der Waals surface area contributed by atoms with Crippen molar-refractivity contribution in [2.45, 2.75) is 54.0 Å². The Kier molecular flexibility index (Phi) is 2.18. The van der Waals surface area contributed by atoms with Gasteiger partial charge in [0.2, 0.25) is 0 Å². The van der Waals surface area contributed by atoms with Crippen LogP contribution in [0.4, 0.5) is 0 Å². The van der Waals surface area contributed by atoms with Gasteiger partial charge in [0.1, 0.15) is 0 Å². The van der Waals surface area contributed by atoms with E-state index in [9.17, 15) is 4.79 Å². The Labute approximate surface area is 86.8 Å². The molecule has 0 saturated heterocycles. The highest BCUT2D eigenvalue weighted by Crippen LogP contribution is 2.47. The molecule has 0 unspecified atom stereocenters. The lowest BCUT2D eigenvalue weighted by Crippen LogP contribution is -2.61. The SMILES string of the molecule is CC(C)(C)N=C1C(C)(C)C(=O)C1(C)C. The summed E-state index contributed by atoms with van der Waals surface area (Å²) >= 11 is 0. The van der Waals surface area contributed by atoms with E-state index in [1.54, 1.807) is 0 Å². The van der Waals surface area contributed by atoms with Crippen molar-refractivity contribution >= 4 is 11.5 Å². The zero-order chi connectivity index (χ0) is 11.4. The van der Waals surface area contributed by atoms with Gasteiger partial charge in [0.15, 0.2) is 5.78 Å². The monoisotopic (exact) mass is 195 g/mol. The van der Waals surface area contributed by atoms with Crippen molar-refractivity contribution in [3.63, 3.8) is 0 Å². The lowest BCUT2D eigenvalue weighted by atomic mass is 9.53. The topological polar surface area (TPSA) is 29.4 Å². The van der Waals surface area contributed by atoms with Gasteiger partial charge in [0.25, 0.3) is 0 Å². The van der Waals surface area contributed by atoms with Gasteiger partial charge in [-0.15, -0.1) is 0 Å². The number of nitrogens with zero attached hydrogens (tertiary/aromatic N) is 1. The van der Waals surface area contributed by atoms with Crippen LogP contribution < -0.4 is 0 Å². The van der Waals surface area contributed by atoms with E-state index in [0.29, 0.717) is 5.78 Å². The van der Waals surface area contributed by atoms with E-state index in [4.69, 9.17) is 0 Å². The maximum atomic E-state index is 11.8. The third kappa shape index (κ3) is 1.51. The van der Waals surface area contributed by atoms with E-state index in [-0.39, 0.29) is 16.4 Å². The number of Topliss-reactive ketones (excluding diaryl/α,β-unsaturated/α-hetero) is 1. The Balaban J connectivity index is 3.13. The molecule has 0 amide bonds. The van der Waals surface area contributed by atoms with Gasteiger partial charge in [-0.1, -0.05) is 0 Å². The van der Waals surface area contributed by atoms with Gasteiger partial charge in [-0.2, -0.15) is 0 Å². The summed E-state index contributed by atoms with van der Waals surface area (Å²) in [6.07, 6.45) is 0. The molecule has 0 heterocycles. The lowest BCUT2D eigenvalue weighted by molar-refractivity contribution is -0.134. The fraction of sp³-hybridized carbons (Fsp3) is 0.833. The summed E-state index contributed by atoms with van der Waals surface area (Å²) in [7, 11) is 0. The van der Waals surface area contributed by atoms with Crippen molar-refractivity contribution in [2.75, 3.05) is 0 Å². The van der Waals surface area contributed by atoms with Crippen molar-refractivity contribution in [1.29, 1.82) is 0 Å². The number of carbonyl (C=O) groups excluding carboxylic acids is 1. The molecule has 0 aliphatic heterocycles. The quantitative estimate of drug-likeness (QED) is 0.584. The molecule has 2 nitrogen and oxygen atoms in total. The second-order valence-electron chi connectivity index (χ2n) is 6.21. The number of ketones is 1. The van der Waals surface area contributed by atoms with Crippen LogP contribution in [0.1, 0.15) is 48.5 Å². The van der Waals surface area contributed by atoms with Gasteiger partial charge in [-0.3, -0.25) is 9.79 Å². The smallest absolute Gasteiger partial charge is 0.155 e. The average molecular weight is 195 g/mol. The van der Waals surface area contributed by atoms with E-state index in [1.807, 2.05) is 27.7 Å². The summed E-state index contributed by atoms with van der Waals surface area (Å²) in [5.41, 5.74) is 0.250. The van der Waals surface area contributed by atoms with E-state index in [2.05, 4.69) is 25.8 Å². The van der Waals surface area contributed by atoms with Crippen LogP contribution in [0.15, 0.2) is 4.99 Å². The number of rotatable bonds is 0. The molecule has 1 saturated carbocycles. The predicted molar refractivity (Wildman–Crippen MR) is 59.8 cm³/mol. The van der Waals surface area contributed by atoms with E-state index < -0.39 is 0 Å². The minimum absolute atomic E-state index is 0.0927. The second-order valence-corrected chi connectivity index (χ2v) is 6.21.